The molecule has 3 rings (SSSR count). The summed E-state index contributed by atoms with van der Waals surface area (Å²) in [5, 5.41) is 20.3. The van der Waals surface area contributed by atoms with Gasteiger partial charge in [0.05, 0.1) is 29.1 Å². The molecule has 218 valence electrons. The molecule has 0 radical (unpaired) electrons. The number of carbonyl (C=O) groups excluding carboxylic acids is 1. The van der Waals surface area contributed by atoms with Gasteiger partial charge in [0.15, 0.2) is 5.82 Å². The van der Waals surface area contributed by atoms with Gasteiger partial charge in [-0.3, -0.25) is 18.2 Å². The molecular formula is C29H45FN4O4S. The molecule has 0 bridgehead atoms. The Morgan fingerprint density at radius 2 is 1.87 bits per heavy atom. The van der Waals surface area contributed by atoms with Gasteiger partial charge in [-0.15, -0.1) is 10.8 Å². The summed E-state index contributed by atoms with van der Waals surface area (Å²) in [4.78, 5) is 13.5. The van der Waals surface area contributed by atoms with Gasteiger partial charge >= 0.3 is 0 Å². The molecule has 1 aliphatic heterocycles. The molecule has 1 aliphatic rings. The van der Waals surface area contributed by atoms with Crippen LogP contribution in [0.2, 0.25) is 0 Å². The number of anilines is 2. The summed E-state index contributed by atoms with van der Waals surface area (Å²) in [5.41, 5.74) is 1.36. The molecule has 2 aromatic carbocycles. The van der Waals surface area contributed by atoms with Gasteiger partial charge in [-0.1, -0.05) is 51.1 Å². The van der Waals surface area contributed by atoms with Crippen LogP contribution in [0.5, 0.6) is 0 Å². The van der Waals surface area contributed by atoms with E-state index in [0.717, 1.165) is 18.5 Å². The molecule has 1 heterocycles. The molecule has 0 spiro atoms. The average Bonchev–Trinajstić information content (AvgIpc) is 2.87. The highest BCUT2D eigenvalue weighted by molar-refractivity contribution is 8.25. The van der Waals surface area contributed by atoms with Crippen molar-refractivity contribution in [2.24, 2.45) is 5.41 Å². The minimum absolute atomic E-state index is 0.0118. The Hall–Kier alpha value is -2.37. The van der Waals surface area contributed by atoms with Crippen LogP contribution in [0.1, 0.15) is 62.9 Å². The Bertz CT molecular complexity index is 1080. The highest BCUT2D eigenvalue weighted by Crippen LogP contribution is 2.51. The lowest BCUT2D eigenvalue weighted by molar-refractivity contribution is 0.0826. The number of halogens is 1. The van der Waals surface area contributed by atoms with Crippen molar-refractivity contribution in [2.75, 3.05) is 41.6 Å². The number of carbonyl (C=O) groups is 1. The lowest BCUT2D eigenvalue weighted by Crippen LogP contribution is -2.49. The van der Waals surface area contributed by atoms with E-state index in [4.69, 9.17) is 0 Å². The summed E-state index contributed by atoms with van der Waals surface area (Å²) >= 11 is 0. The van der Waals surface area contributed by atoms with Gasteiger partial charge < -0.3 is 21.1 Å². The van der Waals surface area contributed by atoms with Gasteiger partial charge in [-0.05, 0) is 62.3 Å². The topological polar surface area (TPSA) is 117 Å². The number of nitrogens with one attached hydrogen (secondary N) is 3. The molecule has 2 atom stereocenters. The lowest BCUT2D eigenvalue weighted by Gasteiger charge is -2.47. The van der Waals surface area contributed by atoms with Crippen LogP contribution in [0.3, 0.4) is 0 Å². The van der Waals surface area contributed by atoms with Crippen molar-refractivity contribution in [3.05, 3.63) is 59.4 Å². The van der Waals surface area contributed by atoms with Crippen LogP contribution in [0.25, 0.3) is 0 Å². The van der Waals surface area contributed by atoms with E-state index in [0.29, 0.717) is 31.5 Å². The van der Waals surface area contributed by atoms with Crippen LogP contribution in [0, 0.1) is 11.2 Å². The van der Waals surface area contributed by atoms with Crippen molar-refractivity contribution < 1.29 is 23.4 Å². The first-order valence-corrected chi connectivity index (χ1v) is 15.4. The minimum atomic E-state index is -3.19. The van der Waals surface area contributed by atoms with Crippen molar-refractivity contribution in [1.29, 1.82) is 0 Å². The van der Waals surface area contributed by atoms with E-state index in [2.05, 4.69) is 36.7 Å². The number of rotatable bonds is 12. The van der Waals surface area contributed by atoms with Crippen LogP contribution < -0.4 is 20.3 Å². The highest BCUT2D eigenvalue weighted by atomic mass is 32.3. The van der Waals surface area contributed by atoms with Crippen LogP contribution in [0.15, 0.2) is 42.5 Å². The van der Waals surface area contributed by atoms with Crippen LogP contribution >= 0.6 is 10.8 Å². The Morgan fingerprint density at radius 1 is 1.15 bits per heavy atom. The molecule has 10 heteroatoms. The Kier molecular flexibility index (Phi) is 11.0. The number of aliphatic hydroxyl groups excluding tert-OH is 1. The van der Waals surface area contributed by atoms with Crippen molar-refractivity contribution in [2.45, 2.75) is 65.5 Å². The second-order valence-corrected chi connectivity index (χ2v) is 13.5. The van der Waals surface area contributed by atoms with Gasteiger partial charge in [0.25, 0.3) is 5.91 Å². The minimum Gasteiger partial charge on any atom is -0.390 e. The maximum Gasteiger partial charge on any atom is 0.254 e. The predicted octanol–water partition coefficient (Wildman–Crippen LogP) is 5.25. The molecule has 0 aromatic heterocycles. The van der Waals surface area contributed by atoms with E-state index < -0.39 is 34.6 Å². The summed E-state index contributed by atoms with van der Waals surface area (Å²) in [6, 6.07) is 11.8. The van der Waals surface area contributed by atoms with Crippen molar-refractivity contribution in [3.8, 4) is 0 Å². The van der Waals surface area contributed by atoms with Crippen LogP contribution in [0.4, 0.5) is 15.8 Å². The standard InChI is InChI=1S/C29H45FN4O4S/c1-5-32-22-18-23(27(30)25(19-22)34-15-9-10-16-39(34,37)38)28(36)33-24(17-21-11-7-6-8-12-21)26(35)20-31-14-13-29(2,3)4/h6-8,11-12,18-19,24,26,31-32,35,37-38H,5,9-10,13-17,20H2,1-4H3,(H,33,36). The Labute approximate surface area is 233 Å². The summed E-state index contributed by atoms with van der Waals surface area (Å²) in [6.07, 6.45) is 1.71. The Balaban J connectivity index is 1.86. The monoisotopic (exact) mass is 564 g/mol. The van der Waals surface area contributed by atoms with Gasteiger partial charge in [-0.2, -0.15) is 0 Å². The maximum atomic E-state index is 15.9. The fourth-order valence-corrected chi connectivity index (χ4v) is 6.28. The fraction of sp³-hybridized carbons (Fsp3) is 0.552. The maximum absolute atomic E-state index is 15.9. The largest absolute Gasteiger partial charge is 0.390 e. The van der Waals surface area contributed by atoms with E-state index >= 15 is 4.39 Å². The number of benzene rings is 2. The fourth-order valence-electron chi connectivity index (χ4n) is 4.60. The van der Waals surface area contributed by atoms with Crippen LogP contribution in [-0.2, 0) is 6.42 Å². The third kappa shape index (κ3) is 9.08. The van der Waals surface area contributed by atoms with E-state index in [9.17, 15) is 19.0 Å². The van der Waals surface area contributed by atoms with Crippen LogP contribution in [-0.4, -0.2) is 64.2 Å². The number of nitrogens with zero attached hydrogens (tertiary/aromatic N) is 1. The molecule has 8 nitrogen and oxygen atoms in total. The van der Waals surface area contributed by atoms with Gasteiger partial charge in [0.2, 0.25) is 0 Å². The zero-order chi connectivity index (χ0) is 28.6. The SMILES string of the molecule is CCNc1cc(C(=O)NC(Cc2ccccc2)C(O)CNCCC(C)(C)C)c(F)c(N2CCCCS2(O)O)c1. The molecule has 0 saturated carbocycles. The third-order valence-corrected chi connectivity index (χ3v) is 8.74. The van der Waals surface area contributed by atoms with Gasteiger partial charge in [0, 0.05) is 25.3 Å². The smallest absolute Gasteiger partial charge is 0.254 e. The molecule has 1 amide bonds. The number of hydrogen-bond acceptors (Lipinski definition) is 7. The summed E-state index contributed by atoms with van der Waals surface area (Å²) in [7, 11) is -3.19. The van der Waals surface area contributed by atoms with E-state index in [1.54, 1.807) is 0 Å². The first-order valence-electron chi connectivity index (χ1n) is 13.8. The Morgan fingerprint density at radius 3 is 2.51 bits per heavy atom. The van der Waals surface area contributed by atoms with E-state index in [-0.39, 0.29) is 35.5 Å². The lowest BCUT2D eigenvalue weighted by atomic mass is 9.92. The number of aliphatic hydroxyl groups is 1. The van der Waals surface area contributed by atoms with Crippen molar-refractivity contribution >= 4 is 28.1 Å². The summed E-state index contributed by atoms with van der Waals surface area (Å²) in [5.74, 6) is -1.32. The third-order valence-electron chi connectivity index (χ3n) is 6.81. The van der Waals surface area contributed by atoms with E-state index in [1.807, 2.05) is 37.3 Å². The second kappa shape index (κ2) is 13.8. The second-order valence-electron chi connectivity index (χ2n) is 11.4. The van der Waals surface area contributed by atoms with Crippen molar-refractivity contribution in [1.82, 2.24) is 10.6 Å². The molecule has 39 heavy (non-hydrogen) atoms. The van der Waals surface area contributed by atoms with Gasteiger partial charge in [-0.25, -0.2) is 4.39 Å². The first-order chi connectivity index (χ1) is 18.4. The average molecular weight is 565 g/mol. The normalized spacial score (nSPS) is 17.8. The zero-order valence-corrected chi connectivity index (χ0v) is 24.4. The van der Waals surface area contributed by atoms with Gasteiger partial charge in [0.1, 0.15) is 0 Å². The molecule has 6 N–H and O–H groups in total. The molecule has 1 saturated heterocycles. The van der Waals surface area contributed by atoms with E-state index in [1.165, 1.54) is 16.4 Å². The number of hydrogen-bond donors (Lipinski definition) is 6. The molecule has 1 fully saturated rings. The molecule has 0 aliphatic carbocycles. The van der Waals surface area contributed by atoms with Crippen molar-refractivity contribution in [3.63, 3.8) is 0 Å². The predicted molar refractivity (Wildman–Crippen MR) is 159 cm³/mol. The first kappa shape index (κ1) is 31.2. The number of amides is 1. The molecular weight excluding hydrogens is 519 g/mol. The highest BCUT2D eigenvalue weighted by Gasteiger charge is 2.32. The quantitative estimate of drug-likeness (QED) is 0.195. The zero-order valence-electron chi connectivity index (χ0n) is 23.5. The summed E-state index contributed by atoms with van der Waals surface area (Å²) in [6.45, 7) is 10.1. The molecule has 2 unspecified atom stereocenters. The molecule has 2 aromatic rings. The summed E-state index contributed by atoms with van der Waals surface area (Å²) < 4.78 is 38.5.